The van der Waals surface area contributed by atoms with E-state index >= 15 is 0 Å². The largest absolute Gasteiger partial charge is 0.361 e. The zero-order valence-corrected chi connectivity index (χ0v) is 20.5. The van der Waals surface area contributed by atoms with Gasteiger partial charge in [-0.25, -0.2) is 0 Å². The summed E-state index contributed by atoms with van der Waals surface area (Å²) in [6, 6.07) is 26.7. The number of rotatable bonds is 2. The van der Waals surface area contributed by atoms with E-state index in [0.717, 1.165) is 10.8 Å². The molecule has 0 spiro atoms. The van der Waals surface area contributed by atoms with Crippen molar-refractivity contribution in [2.75, 3.05) is 11.4 Å². The van der Waals surface area contributed by atoms with Crippen molar-refractivity contribution >= 4 is 44.6 Å². The molecule has 2 amide bonds. The van der Waals surface area contributed by atoms with E-state index in [-0.39, 0.29) is 0 Å². The lowest BCUT2D eigenvalue weighted by atomic mass is 9.80. The first-order valence-corrected chi connectivity index (χ1v) is 12.6. The van der Waals surface area contributed by atoms with Gasteiger partial charge in [-0.15, -0.1) is 0 Å². The summed E-state index contributed by atoms with van der Waals surface area (Å²) in [5.74, 6) is -1.63. The van der Waals surface area contributed by atoms with E-state index in [1.54, 1.807) is 11.1 Å². The molecule has 0 aliphatic heterocycles. The van der Waals surface area contributed by atoms with E-state index in [2.05, 4.69) is 48.6 Å². The third-order valence-electron chi connectivity index (χ3n) is 7.12. The molecule has 0 aromatic heterocycles. The van der Waals surface area contributed by atoms with Gasteiger partial charge in [-0.05, 0) is 71.5 Å². The van der Waals surface area contributed by atoms with Gasteiger partial charge >= 0.3 is 11.8 Å². The van der Waals surface area contributed by atoms with E-state index in [9.17, 15) is 9.59 Å². The van der Waals surface area contributed by atoms with Crippen LogP contribution in [0.15, 0.2) is 96.6 Å². The predicted molar refractivity (Wildman–Crippen MR) is 149 cm³/mol. The number of carbonyl (C=O) groups excluding carboxylic acids is 2. The van der Waals surface area contributed by atoms with Gasteiger partial charge in [0, 0.05) is 11.9 Å². The molecule has 4 aromatic rings. The van der Waals surface area contributed by atoms with Crippen LogP contribution in [0.2, 0.25) is 0 Å². The molecule has 4 aromatic carbocycles. The van der Waals surface area contributed by atoms with Gasteiger partial charge in [-0.1, -0.05) is 90.5 Å². The molecule has 4 nitrogen and oxygen atoms in total. The monoisotopic (exact) mass is 474 g/mol. The summed E-state index contributed by atoms with van der Waals surface area (Å²) in [5, 5.41) is 4.77. The Balaban J connectivity index is 0.000000148. The SMILES string of the molecule is C1=CC2=C(CC1)CCc1c2ccc2ccccc12.CCN(C(=O)C(N)=O)c1cccc2ccccc12. The van der Waals surface area contributed by atoms with Crippen LogP contribution in [-0.4, -0.2) is 18.4 Å². The van der Waals surface area contributed by atoms with Gasteiger partial charge in [0.15, 0.2) is 0 Å². The number of hydrogen-bond donors (Lipinski definition) is 1. The lowest BCUT2D eigenvalue weighted by Crippen LogP contribution is -2.40. The Hall–Kier alpha value is -4.18. The van der Waals surface area contributed by atoms with E-state index in [0.29, 0.717) is 12.2 Å². The molecule has 2 aliphatic rings. The number of allylic oxidation sites excluding steroid dienone is 4. The van der Waals surface area contributed by atoms with Crippen LogP contribution in [0.5, 0.6) is 0 Å². The average Bonchev–Trinajstić information content (AvgIpc) is 2.93. The minimum absolute atomic E-state index is 0.399. The summed E-state index contributed by atoms with van der Waals surface area (Å²) >= 11 is 0. The highest BCUT2D eigenvalue weighted by molar-refractivity contribution is 6.40. The summed E-state index contributed by atoms with van der Waals surface area (Å²) < 4.78 is 0. The molecule has 0 saturated heterocycles. The second-order valence-corrected chi connectivity index (χ2v) is 9.18. The van der Waals surface area contributed by atoms with Crippen LogP contribution in [0.3, 0.4) is 0 Å². The molecule has 0 unspecified atom stereocenters. The highest BCUT2D eigenvalue weighted by atomic mass is 16.2. The number of primary amides is 1. The molecule has 2 N–H and O–H groups in total. The fourth-order valence-corrected chi connectivity index (χ4v) is 5.38. The van der Waals surface area contributed by atoms with Crippen LogP contribution in [0.1, 0.15) is 37.3 Å². The molecule has 6 rings (SSSR count). The van der Waals surface area contributed by atoms with Crippen molar-refractivity contribution in [1.82, 2.24) is 0 Å². The minimum atomic E-state index is -0.940. The predicted octanol–water partition coefficient (Wildman–Crippen LogP) is 6.57. The van der Waals surface area contributed by atoms with Crippen molar-refractivity contribution in [3.8, 4) is 0 Å². The van der Waals surface area contributed by atoms with Crippen molar-refractivity contribution in [2.45, 2.75) is 32.6 Å². The number of anilines is 1. The van der Waals surface area contributed by atoms with Crippen LogP contribution in [-0.2, 0) is 16.0 Å². The van der Waals surface area contributed by atoms with Crippen molar-refractivity contribution < 1.29 is 9.59 Å². The normalized spacial score (nSPS) is 14.0. The Morgan fingerprint density at radius 1 is 0.806 bits per heavy atom. The Labute approximate surface area is 211 Å². The number of nitrogens with two attached hydrogens (primary N) is 1. The summed E-state index contributed by atoms with van der Waals surface area (Å²) in [4.78, 5) is 24.2. The van der Waals surface area contributed by atoms with Crippen LogP contribution >= 0.6 is 0 Å². The standard InChI is InChI=1S/C18H16.C14H14N2O2/c1-3-7-15-13(5-1)9-11-18-16-8-4-2-6-14(16)10-12-17(15)18;1-2-16(14(18)13(15)17)12-9-5-7-10-6-3-4-8-11(10)12/h1,3-5,7-9,11H,2,6,10,12H2;3-9H,2H2,1H3,(H2,15,17). The van der Waals surface area contributed by atoms with Gasteiger partial charge in [0.2, 0.25) is 0 Å². The first-order chi connectivity index (χ1) is 17.6. The zero-order valence-electron chi connectivity index (χ0n) is 20.5. The number of fused-ring (bicyclic) bond motifs is 5. The lowest BCUT2D eigenvalue weighted by Gasteiger charge is -2.25. The maximum absolute atomic E-state index is 11.8. The maximum Gasteiger partial charge on any atom is 0.316 e. The molecular weight excluding hydrogens is 444 g/mol. The number of aryl methyl sites for hydroxylation is 1. The molecule has 2 aliphatic carbocycles. The van der Waals surface area contributed by atoms with Gasteiger partial charge in [0.25, 0.3) is 0 Å². The number of nitrogens with zero attached hydrogens (tertiary/aromatic N) is 1. The number of likely N-dealkylation sites (N-methyl/N-ethyl adjacent to an activating group) is 1. The van der Waals surface area contributed by atoms with Crippen molar-refractivity contribution in [1.29, 1.82) is 0 Å². The Morgan fingerprint density at radius 2 is 1.50 bits per heavy atom. The third-order valence-corrected chi connectivity index (χ3v) is 7.12. The summed E-state index contributed by atoms with van der Waals surface area (Å²) in [6.45, 7) is 2.21. The van der Waals surface area contributed by atoms with E-state index < -0.39 is 11.8 Å². The second kappa shape index (κ2) is 10.2. The maximum atomic E-state index is 11.8. The van der Waals surface area contributed by atoms with Gasteiger partial charge in [-0.3, -0.25) is 9.59 Å². The van der Waals surface area contributed by atoms with Crippen molar-refractivity contribution in [2.24, 2.45) is 5.73 Å². The molecule has 0 atom stereocenters. The number of amides is 2. The Bertz CT molecular complexity index is 1520. The number of carbonyl (C=O) groups is 2. The third kappa shape index (κ3) is 4.42. The summed E-state index contributed by atoms with van der Waals surface area (Å²) in [5.41, 5.74) is 12.0. The molecular formula is C32H30N2O2. The van der Waals surface area contributed by atoms with Crippen LogP contribution in [0.4, 0.5) is 5.69 Å². The molecule has 0 fully saturated rings. The first-order valence-electron chi connectivity index (χ1n) is 12.6. The molecule has 0 bridgehead atoms. The number of benzene rings is 4. The quantitative estimate of drug-likeness (QED) is 0.334. The fourth-order valence-electron chi connectivity index (χ4n) is 5.38. The minimum Gasteiger partial charge on any atom is -0.361 e. The van der Waals surface area contributed by atoms with E-state index in [1.807, 2.05) is 49.4 Å². The van der Waals surface area contributed by atoms with Crippen molar-refractivity contribution in [3.05, 3.63) is 108 Å². The molecule has 0 radical (unpaired) electrons. The van der Waals surface area contributed by atoms with Crippen LogP contribution in [0.25, 0.3) is 27.1 Å². The van der Waals surface area contributed by atoms with Crippen molar-refractivity contribution in [3.63, 3.8) is 0 Å². The zero-order chi connectivity index (χ0) is 25.1. The fraction of sp³-hybridized carbons (Fsp3) is 0.188. The van der Waals surface area contributed by atoms with E-state index in [1.165, 1.54) is 52.5 Å². The molecule has 180 valence electrons. The smallest absolute Gasteiger partial charge is 0.316 e. The Kier molecular flexibility index (Phi) is 6.68. The molecule has 0 saturated carbocycles. The molecule has 0 heterocycles. The lowest BCUT2D eigenvalue weighted by molar-refractivity contribution is -0.135. The van der Waals surface area contributed by atoms with Gasteiger partial charge in [-0.2, -0.15) is 0 Å². The highest BCUT2D eigenvalue weighted by Gasteiger charge is 2.21. The summed E-state index contributed by atoms with van der Waals surface area (Å²) in [7, 11) is 0. The second-order valence-electron chi connectivity index (χ2n) is 9.18. The highest BCUT2D eigenvalue weighted by Crippen LogP contribution is 2.39. The average molecular weight is 475 g/mol. The van der Waals surface area contributed by atoms with Gasteiger partial charge in [0.05, 0.1) is 5.69 Å². The van der Waals surface area contributed by atoms with Gasteiger partial charge < -0.3 is 10.6 Å². The molecule has 36 heavy (non-hydrogen) atoms. The van der Waals surface area contributed by atoms with E-state index in [4.69, 9.17) is 5.73 Å². The van der Waals surface area contributed by atoms with Crippen LogP contribution in [0, 0.1) is 0 Å². The number of hydrogen-bond acceptors (Lipinski definition) is 2. The van der Waals surface area contributed by atoms with Crippen LogP contribution < -0.4 is 10.6 Å². The molecule has 4 heteroatoms. The topological polar surface area (TPSA) is 63.4 Å². The first kappa shape index (κ1) is 23.6. The summed E-state index contributed by atoms with van der Waals surface area (Å²) in [6.07, 6.45) is 9.61. The van der Waals surface area contributed by atoms with Gasteiger partial charge in [0.1, 0.15) is 0 Å². The Morgan fingerprint density at radius 3 is 2.25 bits per heavy atom.